The normalized spacial score (nSPS) is 10.8. The number of H-pyrrole nitrogens is 1. The highest BCUT2D eigenvalue weighted by atomic mass is 35.5. The molecule has 0 atom stereocenters. The molecule has 0 radical (unpaired) electrons. The predicted octanol–water partition coefficient (Wildman–Crippen LogP) is 1.45. The van der Waals surface area contributed by atoms with Crippen LogP contribution in [0.5, 0.6) is 11.6 Å². The van der Waals surface area contributed by atoms with E-state index < -0.39 is 5.69 Å². The fourth-order valence-corrected chi connectivity index (χ4v) is 1.70. The van der Waals surface area contributed by atoms with Crippen molar-refractivity contribution in [1.29, 1.82) is 0 Å². The van der Waals surface area contributed by atoms with Gasteiger partial charge in [0.2, 0.25) is 5.88 Å². The van der Waals surface area contributed by atoms with E-state index in [1.54, 1.807) is 30.3 Å². The summed E-state index contributed by atoms with van der Waals surface area (Å²) in [5.74, 6) is 0.722. The second kappa shape index (κ2) is 4.29. The lowest BCUT2D eigenvalue weighted by molar-refractivity contribution is 0.451. The molecule has 7 nitrogen and oxygen atoms in total. The number of ether oxygens (including phenoxy) is 1. The second-order valence-corrected chi connectivity index (χ2v) is 4.16. The molecule has 8 heteroatoms. The first kappa shape index (κ1) is 11.5. The molecular formula is C11H8ClN5O2. The number of nitrogen functional groups attached to an aromatic ring is 1. The molecule has 0 aliphatic heterocycles. The number of halogens is 1. The Balaban J connectivity index is 1.98. The Morgan fingerprint density at radius 1 is 1.32 bits per heavy atom. The lowest BCUT2D eigenvalue weighted by atomic mass is 10.3. The standard InChI is InChI=1S/C11H8ClN5O2/c12-7-5-6(1-2-8(7)13)19-10-4-3-9-14-15-11(18)17(9)16-10/h1-5H,13H2,(H,15,18). The SMILES string of the molecule is Nc1ccc(Oc2ccc3n[nH]c(=O)n3n2)cc1Cl. The number of rotatable bonds is 2. The summed E-state index contributed by atoms with van der Waals surface area (Å²) in [6, 6.07) is 8.06. The first-order chi connectivity index (χ1) is 9.13. The van der Waals surface area contributed by atoms with E-state index in [1.807, 2.05) is 0 Å². The number of hydrogen-bond donors (Lipinski definition) is 2. The number of aromatic amines is 1. The van der Waals surface area contributed by atoms with Crippen LogP contribution in [-0.4, -0.2) is 19.8 Å². The van der Waals surface area contributed by atoms with Crippen molar-refractivity contribution in [2.75, 3.05) is 5.73 Å². The van der Waals surface area contributed by atoms with Gasteiger partial charge in [0.05, 0.1) is 10.7 Å². The van der Waals surface area contributed by atoms with Crippen molar-refractivity contribution in [3.63, 3.8) is 0 Å². The van der Waals surface area contributed by atoms with Gasteiger partial charge in [-0.2, -0.15) is 9.61 Å². The van der Waals surface area contributed by atoms with Crippen molar-refractivity contribution in [2.45, 2.75) is 0 Å². The maximum atomic E-state index is 11.4. The van der Waals surface area contributed by atoms with E-state index in [1.165, 1.54) is 0 Å². The average Bonchev–Trinajstić information content (AvgIpc) is 2.76. The van der Waals surface area contributed by atoms with Crippen molar-refractivity contribution in [2.24, 2.45) is 0 Å². The fourth-order valence-electron chi connectivity index (χ4n) is 1.53. The van der Waals surface area contributed by atoms with Gasteiger partial charge in [0.15, 0.2) is 5.65 Å². The van der Waals surface area contributed by atoms with E-state index in [0.29, 0.717) is 22.1 Å². The second-order valence-electron chi connectivity index (χ2n) is 3.76. The molecule has 2 heterocycles. The van der Waals surface area contributed by atoms with E-state index in [0.717, 1.165) is 4.52 Å². The van der Waals surface area contributed by atoms with Crippen molar-refractivity contribution in [3.05, 3.63) is 45.8 Å². The minimum atomic E-state index is -0.434. The Labute approximate surface area is 111 Å². The molecule has 2 aromatic heterocycles. The quantitative estimate of drug-likeness (QED) is 0.691. The van der Waals surface area contributed by atoms with Crippen LogP contribution in [0.15, 0.2) is 35.1 Å². The molecule has 0 saturated carbocycles. The summed E-state index contributed by atoms with van der Waals surface area (Å²) in [5, 5.41) is 10.4. The van der Waals surface area contributed by atoms with Crippen LogP contribution in [0.2, 0.25) is 5.02 Å². The van der Waals surface area contributed by atoms with E-state index in [4.69, 9.17) is 22.1 Å². The summed E-state index contributed by atoms with van der Waals surface area (Å²) in [6.45, 7) is 0. The Kier molecular flexibility index (Phi) is 2.60. The van der Waals surface area contributed by atoms with Gasteiger partial charge in [0.25, 0.3) is 0 Å². The van der Waals surface area contributed by atoms with Gasteiger partial charge in [-0.3, -0.25) is 0 Å². The van der Waals surface area contributed by atoms with Gasteiger partial charge in [-0.25, -0.2) is 9.89 Å². The van der Waals surface area contributed by atoms with E-state index >= 15 is 0 Å². The highest BCUT2D eigenvalue weighted by molar-refractivity contribution is 6.33. The molecule has 0 bridgehead atoms. The zero-order chi connectivity index (χ0) is 13.4. The maximum Gasteiger partial charge on any atom is 0.364 e. The third kappa shape index (κ3) is 2.11. The summed E-state index contributed by atoms with van der Waals surface area (Å²) in [7, 11) is 0. The molecule has 19 heavy (non-hydrogen) atoms. The molecule has 96 valence electrons. The highest BCUT2D eigenvalue weighted by Gasteiger charge is 2.05. The molecule has 0 fully saturated rings. The van der Waals surface area contributed by atoms with Crippen molar-refractivity contribution in [3.8, 4) is 11.6 Å². The fraction of sp³-hybridized carbons (Fsp3) is 0. The molecule has 0 saturated heterocycles. The average molecular weight is 278 g/mol. The summed E-state index contributed by atoms with van der Waals surface area (Å²) in [5.41, 5.74) is 6.04. The van der Waals surface area contributed by atoms with Gasteiger partial charge >= 0.3 is 5.69 Å². The van der Waals surface area contributed by atoms with Gasteiger partial charge in [-0.05, 0) is 18.2 Å². The van der Waals surface area contributed by atoms with Crippen LogP contribution in [-0.2, 0) is 0 Å². The topological polar surface area (TPSA) is 98.3 Å². The molecule has 3 rings (SSSR count). The zero-order valence-electron chi connectivity index (χ0n) is 9.50. The lowest BCUT2D eigenvalue weighted by Gasteiger charge is -2.05. The number of anilines is 1. The number of aromatic nitrogens is 4. The maximum absolute atomic E-state index is 11.4. The van der Waals surface area contributed by atoms with Crippen LogP contribution in [0.1, 0.15) is 0 Å². The molecule has 0 spiro atoms. The van der Waals surface area contributed by atoms with Crippen molar-refractivity contribution in [1.82, 2.24) is 19.8 Å². The number of benzene rings is 1. The molecule has 1 aromatic carbocycles. The van der Waals surface area contributed by atoms with E-state index in [-0.39, 0.29) is 5.88 Å². The van der Waals surface area contributed by atoms with Crippen LogP contribution < -0.4 is 16.2 Å². The third-order valence-electron chi connectivity index (χ3n) is 2.44. The van der Waals surface area contributed by atoms with E-state index in [2.05, 4.69) is 15.3 Å². The Bertz CT molecular complexity index is 810. The summed E-state index contributed by atoms with van der Waals surface area (Å²) < 4.78 is 6.60. The molecule has 0 aliphatic rings. The van der Waals surface area contributed by atoms with Gasteiger partial charge in [0, 0.05) is 12.1 Å². The molecule has 3 N–H and O–H groups in total. The minimum Gasteiger partial charge on any atom is -0.438 e. The van der Waals surface area contributed by atoms with Crippen molar-refractivity contribution >= 4 is 22.9 Å². The van der Waals surface area contributed by atoms with Crippen LogP contribution in [0.3, 0.4) is 0 Å². The Hall–Kier alpha value is -2.54. The number of nitrogens with one attached hydrogen (secondary N) is 1. The minimum absolute atomic E-state index is 0.247. The van der Waals surface area contributed by atoms with Crippen LogP contribution in [0.25, 0.3) is 5.65 Å². The Morgan fingerprint density at radius 3 is 2.95 bits per heavy atom. The van der Waals surface area contributed by atoms with Gasteiger partial charge in [0.1, 0.15) is 5.75 Å². The molecular weight excluding hydrogens is 270 g/mol. The Morgan fingerprint density at radius 2 is 2.16 bits per heavy atom. The number of nitrogens with two attached hydrogens (primary N) is 1. The van der Waals surface area contributed by atoms with E-state index in [9.17, 15) is 4.79 Å². The number of nitrogens with zero attached hydrogens (tertiary/aromatic N) is 3. The molecule has 0 aliphatic carbocycles. The van der Waals surface area contributed by atoms with Crippen LogP contribution in [0.4, 0.5) is 5.69 Å². The summed E-state index contributed by atoms with van der Waals surface area (Å²) in [4.78, 5) is 11.4. The molecule has 0 unspecified atom stereocenters. The van der Waals surface area contributed by atoms with Crippen molar-refractivity contribution < 1.29 is 4.74 Å². The third-order valence-corrected chi connectivity index (χ3v) is 2.77. The van der Waals surface area contributed by atoms with Gasteiger partial charge < -0.3 is 10.5 Å². The van der Waals surface area contributed by atoms with Crippen LogP contribution >= 0.6 is 11.6 Å². The van der Waals surface area contributed by atoms with Crippen LogP contribution in [0, 0.1) is 0 Å². The monoisotopic (exact) mass is 277 g/mol. The summed E-state index contributed by atoms with van der Waals surface area (Å²) in [6.07, 6.45) is 0. The first-order valence-corrected chi connectivity index (χ1v) is 5.68. The first-order valence-electron chi connectivity index (χ1n) is 5.31. The number of fused-ring (bicyclic) bond motifs is 1. The van der Waals surface area contributed by atoms with Gasteiger partial charge in [-0.15, -0.1) is 5.10 Å². The smallest absolute Gasteiger partial charge is 0.364 e. The zero-order valence-corrected chi connectivity index (χ0v) is 10.3. The highest BCUT2D eigenvalue weighted by Crippen LogP contribution is 2.26. The largest absolute Gasteiger partial charge is 0.438 e. The van der Waals surface area contributed by atoms with Gasteiger partial charge in [-0.1, -0.05) is 11.6 Å². The lowest BCUT2D eigenvalue weighted by Crippen LogP contribution is -2.12. The molecule has 3 aromatic rings. The molecule has 0 amide bonds. The summed E-state index contributed by atoms with van der Waals surface area (Å²) >= 11 is 5.89. The number of hydrogen-bond acceptors (Lipinski definition) is 5. The predicted molar refractivity (Wildman–Crippen MR) is 69.5 cm³/mol.